The van der Waals surface area contributed by atoms with E-state index in [4.69, 9.17) is 0 Å². The molecule has 0 radical (unpaired) electrons. The lowest BCUT2D eigenvalue weighted by atomic mass is 9.87. The Hall–Kier alpha value is -3.79. The van der Waals surface area contributed by atoms with Gasteiger partial charge in [0.1, 0.15) is 0 Å². The van der Waals surface area contributed by atoms with Crippen LogP contribution in [0.25, 0.3) is 17.5 Å². The van der Waals surface area contributed by atoms with Crippen molar-refractivity contribution in [3.8, 4) is 11.4 Å². The van der Waals surface area contributed by atoms with E-state index >= 15 is 0 Å². The summed E-state index contributed by atoms with van der Waals surface area (Å²) in [5.74, 6) is 0.577. The average Bonchev–Trinajstić information content (AvgIpc) is 3.25. The van der Waals surface area contributed by atoms with Crippen LogP contribution in [0.1, 0.15) is 38.8 Å². The van der Waals surface area contributed by atoms with Crippen LogP contribution in [0.5, 0.6) is 0 Å². The standard InChI is InChI=1S/C25H28N6O3S/c1-5-30-23(19-12-14-20(15-13-19)25(2,3)4)28-29-24(30)35-17-22(32)27-26-16-8-10-18-9-6-7-11-21(18)31(33)34/h6-16H,5,17H2,1-4H3,(H,27,32)/b10-8-,26-16-. The maximum Gasteiger partial charge on any atom is 0.276 e. The Balaban J connectivity index is 1.57. The minimum atomic E-state index is -0.447. The summed E-state index contributed by atoms with van der Waals surface area (Å²) in [6.45, 7) is 9.19. The fraction of sp³-hybridized carbons (Fsp3) is 0.280. The van der Waals surface area contributed by atoms with Gasteiger partial charge in [0.25, 0.3) is 11.6 Å². The number of hydrogen-bond acceptors (Lipinski definition) is 7. The van der Waals surface area contributed by atoms with Gasteiger partial charge in [-0.25, -0.2) is 5.43 Å². The van der Waals surface area contributed by atoms with Crippen LogP contribution in [-0.2, 0) is 16.8 Å². The zero-order valence-corrected chi connectivity index (χ0v) is 21.0. The van der Waals surface area contributed by atoms with Crippen molar-refractivity contribution in [3.05, 3.63) is 75.8 Å². The highest BCUT2D eigenvalue weighted by Gasteiger charge is 2.17. The van der Waals surface area contributed by atoms with Gasteiger partial charge in [0, 0.05) is 24.4 Å². The number of allylic oxidation sites excluding steroid dienone is 1. The predicted octanol–water partition coefficient (Wildman–Crippen LogP) is 5.08. The molecule has 3 rings (SSSR count). The molecule has 1 amide bonds. The molecule has 0 aliphatic carbocycles. The van der Waals surface area contributed by atoms with Crippen molar-refractivity contribution in [2.45, 2.75) is 44.8 Å². The molecule has 0 unspecified atom stereocenters. The third-order valence-electron chi connectivity index (χ3n) is 5.13. The lowest BCUT2D eigenvalue weighted by Crippen LogP contribution is -2.19. The van der Waals surface area contributed by atoms with Crippen molar-refractivity contribution >= 4 is 35.6 Å². The number of carbonyl (C=O) groups excluding carboxylic acids is 1. The molecular formula is C25H28N6O3S. The lowest BCUT2D eigenvalue weighted by molar-refractivity contribution is -0.385. The van der Waals surface area contributed by atoms with Crippen molar-refractivity contribution in [2.75, 3.05) is 5.75 Å². The summed E-state index contributed by atoms with van der Waals surface area (Å²) in [5, 5.41) is 24.1. The predicted molar refractivity (Wildman–Crippen MR) is 139 cm³/mol. The molecule has 0 saturated carbocycles. The first-order chi connectivity index (χ1) is 16.7. The molecular weight excluding hydrogens is 464 g/mol. The van der Waals surface area contributed by atoms with E-state index in [1.54, 1.807) is 24.3 Å². The summed E-state index contributed by atoms with van der Waals surface area (Å²) in [6, 6.07) is 14.7. The third kappa shape index (κ3) is 6.86. The first kappa shape index (κ1) is 25.8. The van der Waals surface area contributed by atoms with Gasteiger partial charge < -0.3 is 4.57 Å². The van der Waals surface area contributed by atoms with Gasteiger partial charge in [-0.3, -0.25) is 14.9 Å². The number of nitro benzene ring substituents is 1. The van der Waals surface area contributed by atoms with E-state index in [-0.39, 0.29) is 22.8 Å². The third-order valence-corrected chi connectivity index (χ3v) is 6.10. The molecule has 0 fully saturated rings. The number of hydrogen-bond donors (Lipinski definition) is 1. The minimum Gasteiger partial charge on any atom is -0.302 e. The number of hydrazone groups is 1. The molecule has 1 aromatic heterocycles. The lowest BCUT2D eigenvalue weighted by Gasteiger charge is -2.19. The van der Waals surface area contributed by atoms with E-state index in [2.05, 4.69) is 53.6 Å². The zero-order valence-electron chi connectivity index (χ0n) is 20.1. The molecule has 1 heterocycles. The second kappa shape index (κ2) is 11.6. The molecule has 0 aliphatic heterocycles. The van der Waals surface area contributed by atoms with Crippen LogP contribution in [0.15, 0.2) is 64.9 Å². The smallest absolute Gasteiger partial charge is 0.276 e. The summed E-state index contributed by atoms with van der Waals surface area (Å²) in [7, 11) is 0. The number of carbonyl (C=O) groups is 1. The number of para-hydroxylation sites is 1. The highest BCUT2D eigenvalue weighted by molar-refractivity contribution is 7.99. The van der Waals surface area contributed by atoms with Crippen LogP contribution >= 0.6 is 11.8 Å². The van der Waals surface area contributed by atoms with Crippen LogP contribution in [0.4, 0.5) is 5.69 Å². The fourth-order valence-electron chi connectivity index (χ4n) is 3.27. The number of thioether (sulfide) groups is 1. The monoisotopic (exact) mass is 492 g/mol. The van der Waals surface area contributed by atoms with Gasteiger partial charge in [-0.05, 0) is 36.1 Å². The van der Waals surface area contributed by atoms with Gasteiger partial charge >= 0.3 is 0 Å². The fourth-order valence-corrected chi connectivity index (χ4v) is 4.06. The molecule has 2 aromatic carbocycles. The first-order valence-corrected chi connectivity index (χ1v) is 12.1. The first-order valence-electron chi connectivity index (χ1n) is 11.1. The van der Waals surface area contributed by atoms with Crippen LogP contribution in [0, 0.1) is 10.1 Å². The van der Waals surface area contributed by atoms with Crippen molar-refractivity contribution in [3.63, 3.8) is 0 Å². The molecule has 10 heteroatoms. The normalized spacial score (nSPS) is 11.9. The van der Waals surface area contributed by atoms with Crippen LogP contribution in [-0.4, -0.2) is 37.6 Å². The molecule has 9 nitrogen and oxygen atoms in total. The summed E-state index contributed by atoms with van der Waals surface area (Å²) >= 11 is 1.28. The number of rotatable bonds is 9. The number of amides is 1. The molecule has 0 aliphatic rings. The topological polar surface area (TPSA) is 115 Å². The summed E-state index contributed by atoms with van der Waals surface area (Å²) < 4.78 is 1.98. The number of nitro groups is 1. The van der Waals surface area contributed by atoms with Crippen LogP contribution < -0.4 is 5.43 Å². The molecule has 35 heavy (non-hydrogen) atoms. The minimum absolute atomic E-state index is 0.00198. The SMILES string of the molecule is CCn1c(SCC(=O)N/N=C\C=C/c2ccccc2[N+](=O)[O-])nnc1-c1ccc(C(C)(C)C)cc1. The maximum atomic E-state index is 12.2. The Morgan fingerprint density at radius 3 is 2.54 bits per heavy atom. The molecule has 3 aromatic rings. The molecule has 0 bridgehead atoms. The van der Waals surface area contributed by atoms with E-state index in [1.807, 2.05) is 23.6 Å². The van der Waals surface area contributed by atoms with E-state index in [1.165, 1.54) is 35.7 Å². The van der Waals surface area contributed by atoms with Gasteiger partial charge in [-0.2, -0.15) is 5.10 Å². The highest BCUT2D eigenvalue weighted by atomic mass is 32.2. The second-order valence-electron chi connectivity index (χ2n) is 8.65. The van der Waals surface area contributed by atoms with Crippen molar-refractivity contribution in [2.24, 2.45) is 5.10 Å². The number of benzene rings is 2. The Kier molecular flexibility index (Phi) is 8.53. The van der Waals surface area contributed by atoms with E-state index in [0.29, 0.717) is 17.3 Å². The van der Waals surface area contributed by atoms with E-state index < -0.39 is 4.92 Å². The molecule has 1 N–H and O–H groups in total. The summed E-state index contributed by atoms with van der Waals surface area (Å²) in [5.41, 5.74) is 5.18. The van der Waals surface area contributed by atoms with Gasteiger partial charge in [0.15, 0.2) is 11.0 Å². The van der Waals surface area contributed by atoms with E-state index in [0.717, 1.165) is 11.4 Å². The highest BCUT2D eigenvalue weighted by Crippen LogP contribution is 2.27. The number of aromatic nitrogens is 3. The van der Waals surface area contributed by atoms with Crippen LogP contribution in [0.2, 0.25) is 0 Å². The van der Waals surface area contributed by atoms with Crippen molar-refractivity contribution < 1.29 is 9.72 Å². The van der Waals surface area contributed by atoms with Gasteiger partial charge in [-0.15, -0.1) is 10.2 Å². The van der Waals surface area contributed by atoms with Crippen molar-refractivity contribution in [1.29, 1.82) is 0 Å². The average molecular weight is 493 g/mol. The Morgan fingerprint density at radius 1 is 1.17 bits per heavy atom. The van der Waals surface area contributed by atoms with Gasteiger partial charge in [-0.1, -0.05) is 68.9 Å². The number of nitrogens with one attached hydrogen (secondary N) is 1. The quantitative estimate of drug-likeness (QED) is 0.193. The summed E-state index contributed by atoms with van der Waals surface area (Å²) in [6.07, 6.45) is 4.45. The Bertz CT molecular complexity index is 1240. The Morgan fingerprint density at radius 2 is 1.89 bits per heavy atom. The number of nitrogens with zero attached hydrogens (tertiary/aromatic N) is 5. The molecule has 182 valence electrons. The summed E-state index contributed by atoms with van der Waals surface area (Å²) in [4.78, 5) is 22.8. The molecule has 0 saturated heterocycles. The second-order valence-corrected chi connectivity index (χ2v) is 9.60. The van der Waals surface area contributed by atoms with E-state index in [9.17, 15) is 14.9 Å². The van der Waals surface area contributed by atoms with Gasteiger partial charge in [0.2, 0.25) is 0 Å². The maximum absolute atomic E-state index is 12.2. The van der Waals surface area contributed by atoms with Gasteiger partial charge in [0.05, 0.1) is 16.2 Å². The molecule has 0 atom stereocenters. The molecule has 0 spiro atoms. The van der Waals surface area contributed by atoms with Crippen molar-refractivity contribution in [1.82, 2.24) is 20.2 Å². The van der Waals surface area contributed by atoms with Crippen LogP contribution in [0.3, 0.4) is 0 Å². The Labute approximate surface area is 208 Å². The largest absolute Gasteiger partial charge is 0.302 e. The zero-order chi connectivity index (χ0) is 25.4.